The molecule has 0 aliphatic carbocycles. The fourth-order valence-corrected chi connectivity index (χ4v) is 2.80. The van der Waals surface area contributed by atoms with E-state index in [-0.39, 0.29) is 34.6 Å². The maximum absolute atomic E-state index is 14.3. The van der Waals surface area contributed by atoms with Gasteiger partial charge in [-0.2, -0.15) is 0 Å². The summed E-state index contributed by atoms with van der Waals surface area (Å²) < 4.78 is 24.8. The van der Waals surface area contributed by atoms with E-state index >= 15 is 0 Å². The Labute approximate surface area is 159 Å². The Morgan fingerprint density at radius 3 is 2.68 bits per heavy atom. The summed E-state index contributed by atoms with van der Waals surface area (Å²) in [4.78, 5) is 36.1. The first-order valence-corrected chi connectivity index (χ1v) is 8.38. The number of nitrogens with zero attached hydrogens (tertiary/aromatic N) is 2. The van der Waals surface area contributed by atoms with Crippen molar-refractivity contribution in [2.75, 3.05) is 14.1 Å². The zero-order valence-electron chi connectivity index (χ0n) is 15.5. The largest absolute Gasteiger partial charge is 0.422 e. The molecule has 3 rings (SSSR count). The van der Waals surface area contributed by atoms with E-state index in [1.54, 1.807) is 33.2 Å². The number of rotatable bonds is 4. The van der Waals surface area contributed by atoms with Crippen molar-refractivity contribution in [3.63, 3.8) is 0 Å². The molecule has 3 aromatic rings. The van der Waals surface area contributed by atoms with E-state index in [2.05, 4.69) is 5.18 Å². The first-order valence-electron chi connectivity index (χ1n) is 8.38. The van der Waals surface area contributed by atoms with E-state index in [0.717, 1.165) is 0 Å². The Balaban J connectivity index is 2.03. The number of amides is 1. The minimum atomic E-state index is -0.762. The van der Waals surface area contributed by atoms with Crippen molar-refractivity contribution in [2.45, 2.75) is 13.3 Å². The fourth-order valence-electron chi connectivity index (χ4n) is 2.80. The van der Waals surface area contributed by atoms with Crippen LogP contribution in [0.1, 0.15) is 16.7 Å². The zero-order chi connectivity index (χ0) is 20.4. The van der Waals surface area contributed by atoms with Crippen LogP contribution >= 0.6 is 0 Å². The number of benzene rings is 2. The van der Waals surface area contributed by atoms with Crippen LogP contribution in [0, 0.1) is 17.6 Å². The Morgan fingerprint density at radius 1 is 1.25 bits per heavy atom. The van der Waals surface area contributed by atoms with Crippen LogP contribution in [-0.4, -0.2) is 25.1 Å². The summed E-state index contributed by atoms with van der Waals surface area (Å²) in [6.45, 7) is 1.72. The molecule has 8 heteroatoms. The van der Waals surface area contributed by atoms with E-state index in [4.69, 9.17) is 9.15 Å². The third-order valence-corrected chi connectivity index (χ3v) is 4.35. The van der Waals surface area contributed by atoms with Crippen molar-refractivity contribution in [1.82, 2.24) is 4.90 Å². The highest BCUT2D eigenvalue weighted by Gasteiger charge is 2.17. The summed E-state index contributed by atoms with van der Waals surface area (Å²) in [5.74, 6) is -0.528. The van der Waals surface area contributed by atoms with Gasteiger partial charge >= 0.3 is 11.7 Å². The van der Waals surface area contributed by atoms with E-state index in [9.17, 15) is 18.9 Å². The van der Waals surface area contributed by atoms with E-state index < -0.39 is 17.5 Å². The summed E-state index contributed by atoms with van der Waals surface area (Å²) in [6.07, 6.45) is -0.606. The first-order chi connectivity index (χ1) is 13.3. The van der Waals surface area contributed by atoms with Gasteiger partial charge < -0.3 is 14.1 Å². The molecule has 0 N–H and O–H groups in total. The Morgan fingerprint density at radius 2 is 2.00 bits per heavy atom. The van der Waals surface area contributed by atoms with Crippen molar-refractivity contribution >= 4 is 22.7 Å². The van der Waals surface area contributed by atoms with E-state index in [1.807, 2.05) is 0 Å². The molecule has 7 nitrogen and oxygen atoms in total. The summed E-state index contributed by atoms with van der Waals surface area (Å²) in [7, 11) is 3.10. The van der Waals surface area contributed by atoms with Crippen LogP contribution in [0.25, 0.3) is 11.0 Å². The minimum absolute atomic E-state index is 0.0450. The highest BCUT2D eigenvalue weighted by atomic mass is 19.1. The number of hydrogen-bond acceptors (Lipinski definition) is 6. The molecule has 0 spiro atoms. The number of carbonyl (C=O) groups is 1. The second-order valence-corrected chi connectivity index (χ2v) is 6.43. The van der Waals surface area contributed by atoms with Gasteiger partial charge in [0.15, 0.2) is 5.82 Å². The van der Waals surface area contributed by atoms with E-state index in [1.165, 1.54) is 29.2 Å². The maximum atomic E-state index is 14.3. The number of hydrogen-bond donors (Lipinski definition) is 0. The molecule has 28 heavy (non-hydrogen) atoms. The third-order valence-electron chi connectivity index (χ3n) is 4.35. The SMILES string of the molecule is Cc1c(Cc2cccc(N=O)c2F)c(=O)oc2cc(OC(=O)N(C)C)ccc12. The van der Waals surface area contributed by atoms with Crippen LogP contribution in [0.3, 0.4) is 0 Å². The molecule has 144 valence electrons. The zero-order valence-corrected chi connectivity index (χ0v) is 15.5. The molecule has 0 radical (unpaired) electrons. The van der Waals surface area contributed by atoms with Crippen LogP contribution in [0.15, 0.2) is 50.8 Å². The highest BCUT2D eigenvalue weighted by Crippen LogP contribution is 2.27. The average Bonchev–Trinajstić information content (AvgIpc) is 2.66. The number of nitroso groups, excluding NO2 is 1. The standard InChI is InChI=1S/C20H17FN2O5/c1-11-14-8-7-13(27-20(25)23(2)3)10-17(14)28-19(24)15(11)9-12-5-4-6-16(22-26)18(12)21/h4-8,10H,9H2,1-3H3. The Kier molecular flexibility index (Phi) is 5.21. The summed E-state index contributed by atoms with van der Waals surface area (Å²) in [5, 5.41) is 3.27. The van der Waals surface area contributed by atoms with Gasteiger partial charge in [0.05, 0.1) is 0 Å². The van der Waals surface area contributed by atoms with Crippen LogP contribution < -0.4 is 10.4 Å². The van der Waals surface area contributed by atoms with Gasteiger partial charge in [0.1, 0.15) is 17.0 Å². The van der Waals surface area contributed by atoms with Crippen molar-refractivity contribution in [3.8, 4) is 5.75 Å². The van der Waals surface area contributed by atoms with Crippen LogP contribution in [-0.2, 0) is 6.42 Å². The molecular weight excluding hydrogens is 367 g/mol. The lowest BCUT2D eigenvalue weighted by Crippen LogP contribution is -2.25. The van der Waals surface area contributed by atoms with Crippen molar-refractivity contribution < 1.29 is 18.3 Å². The Bertz CT molecular complexity index is 1140. The molecular formula is C20H17FN2O5. The predicted molar refractivity (Wildman–Crippen MR) is 102 cm³/mol. The van der Waals surface area contributed by atoms with Crippen molar-refractivity contribution in [3.05, 3.63) is 74.2 Å². The monoisotopic (exact) mass is 384 g/mol. The van der Waals surface area contributed by atoms with Crippen LogP contribution in [0.5, 0.6) is 5.75 Å². The number of ether oxygens (including phenoxy) is 1. The lowest BCUT2D eigenvalue weighted by atomic mass is 9.99. The van der Waals surface area contributed by atoms with Gasteiger partial charge in [0, 0.05) is 37.5 Å². The molecule has 0 aliphatic rings. The second kappa shape index (κ2) is 7.59. The topological polar surface area (TPSA) is 89.2 Å². The molecule has 2 aromatic carbocycles. The van der Waals surface area contributed by atoms with Crippen molar-refractivity contribution in [1.29, 1.82) is 0 Å². The number of carbonyl (C=O) groups excluding carboxylic acids is 1. The summed E-state index contributed by atoms with van der Waals surface area (Å²) in [5.41, 5.74) is 0.355. The Hall–Kier alpha value is -3.55. The minimum Gasteiger partial charge on any atom is -0.422 e. The molecule has 0 unspecified atom stereocenters. The first kappa shape index (κ1) is 19.2. The highest BCUT2D eigenvalue weighted by molar-refractivity contribution is 5.83. The number of halogens is 1. The number of fused-ring (bicyclic) bond motifs is 1. The molecule has 1 aromatic heterocycles. The van der Waals surface area contributed by atoms with Gasteiger partial charge in [-0.25, -0.2) is 14.0 Å². The lowest BCUT2D eigenvalue weighted by molar-refractivity contribution is 0.172. The smallest absolute Gasteiger partial charge is 0.414 e. The molecule has 0 saturated heterocycles. The fraction of sp³-hybridized carbons (Fsp3) is 0.200. The predicted octanol–water partition coefficient (Wildman–Crippen LogP) is 4.29. The quantitative estimate of drug-likeness (QED) is 0.494. The van der Waals surface area contributed by atoms with Crippen molar-refractivity contribution in [2.24, 2.45) is 5.18 Å². The van der Waals surface area contributed by atoms with Gasteiger partial charge in [-0.15, -0.1) is 4.91 Å². The number of aryl methyl sites for hydroxylation is 1. The van der Waals surface area contributed by atoms with Crippen LogP contribution in [0.2, 0.25) is 0 Å². The normalized spacial score (nSPS) is 10.7. The van der Waals surface area contributed by atoms with Gasteiger partial charge in [0.2, 0.25) is 0 Å². The molecule has 1 amide bonds. The molecule has 0 bridgehead atoms. The second-order valence-electron chi connectivity index (χ2n) is 6.43. The molecule has 0 fully saturated rings. The van der Waals surface area contributed by atoms with Gasteiger partial charge in [-0.05, 0) is 41.4 Å². The van der Waals surface area contributed by atoms with Gasteiger partial charge in [-0.1, -0.05) is 12.1 Å². The summed E-state index contributed by atoms with van der Waals surface area (Å²) in [6, 6.07) is 8.94. The summed E-state index contributed by atoms with van der Waals surface area (Å²) >= 11 is 0. The molecule has 0 atom stereocenters. The third kappa shape index (κ3) is 3.62. The van der Waals surface area contributed by atoms with E-state index in [0.29, 0.717) is 10.9 Å². The maximum Gasteiger partial charge on any atom is 0.414 e. The lowest BCUT2D eigenvalue weighted by Gasteiger charge is -2.12. The average molecular weight is 384 g/mol. The molecule has 0 saturated carbocycles. The van der Waals surface area contributed by atoms with Gasteiger partial charge in [0.25, 0.3) is 0 Å². The molecule has 1 heterocycles. The molecule has 0 aliphatic heterocycles. The van der Waals surface area contributed by atoms with Crippen LogP contribution in [0.4, 0.5) is 14.9 Å². The van der Waals surface area contributed by atoms with Gasteiger partial charge in [-0.3, -0.25) is 0 Å².